The van der Waals surface area contributed by atoms with Crippen LogP contribution in [-0.4, -0.2) is 51.9 Å². The normalized spacial score (nSPS) is 12.6. The number of ether oxygens (including phenoxy) is 2. The van der Waals surface area contributed by atoms with E-state index in [1.54, 1.807) is 26.2 Å². The summed E-state index contributed by atoms with van der Waals surface area (Å²) in [5, 5.41) is 7.02. The second kappa shape index (κ2) is 9.37. The molecule has 166 valence electrons. The molecule has 31 heavy (non-hydrogen) atoms. The molecule has 1 amide bonds. The van der Waals surface area contributed by atoms with Crippen molar-refractivity contribution < 1.29 is 18.7 Å². The Morgan fingerprint density at radius 1 is 1.32 bits per heavy atom. The molecule has 0 saturated heterocycles. The van der Waals surface area contributed by atoms with Gasteiger partial charge in [-0.1, -0.05) is 19.6 Å². The lowest BCUT2D eigenvalue weighted by Gasteiger charge is -2.16. The SMILES string of the molecule is CCOC(=O)N[C@H](C)c1cc(-c2nc(OCC[Si](C)(C)C)c3nccn3n2)c(F)cn1. The molecule has 3 heterocycles. The lowest BCUT2D eigenvalue weighted by atomic mass is 10.1. The molecule has 0 aromatic carbocycles. The summed E-state index contributed by atoms with van der Waals surface area (Å²) in [6.45, 7) is 11.0. The molecular weight excluding hydrogens is 419 g/mol. The van der Waals surface area contributed by atoms with Crippen LogP contribution in [0.1, 0.15) is 25.6 Å². The van der Waals surface area contributed by atoms with Crippen LogP contribution in [0.25, 0.3) is 17.0 Å². The highest BCUT2D eigenvalue weighted by atomic mass is 28.3. The number of carbonyl (C=O) groups excluding carboxylic acids is 1. The number of hydrogen-bond acceptors (Lipinski definition) is 7. The average Bonchev–Trinajstić information content (AvgIpc) is 3.16. The van der Waals surface area contributed by atoms with Crippen molar-refractivity contribution in [1.82, 2.24) is 29.9 Å². The summed E-state index contributed by atoms with van der Waals surface area (Å²) in [6, 6.07) is 1.96. The van der Waals surface area contributed by atoms with Gasteiger partial charge in [0.2, 0.25) is 5.65 Å². The molecule has 0 aliphatic rings. The third kappa shape index (κ3) is 5.75. The van der Waals surface area contributed by atoms with Gasteiger partial charge in [0.15, 0.2) is 11.6 Å². The molecule has 3 rings (SSSR count). The Bertz CT molecular complexity index is 1070. The van der Waals surface area contributed by atoms with E-state index >= 15 is 0 Å². The summed E-state index contributed by atoms with van der Waals surface area (Å²) >= 11 is 0. The largest absolute Gasteiger partial charge is 0.475 e. The van der Waals surface area contributed by atoms with Crippen molar-refractivity contribution in [2.45, 2.75) is 45.6 Å². The van der Waals surface area contributed by atoms with Gasteiger partial charge in [0, 0.05) is 20.5 Å². The lowest BCUT2D eigenvalue weighted by molar-refractivity contribution is 0.148. The van der Waals surface area contributed by atoms with Crippen LogP contribution in [0.5, 0.6) is 5.88 Å². The summed E-state index contributed by atoms with van der Waals surface area (Å²) in [6.07, 6.45) is 3.74. The monoisotopic (exact) mass is 446 g/mol. The number of amides is 1. The van der Waals surface area contributed by atoms with E-state index in [2.05, 4.69) is 45.0 Å². The molecule has 0 radical (unpaired) electrons. The molecular formula is C20H27FN6O3Si. The van der Waals surface area contributed by atoms with E-state index in [-0.39, 0.29) is 18.0 Å². The number of nitrogens with one attached hydrogen (secondary N) is 1. The first kappa shape index (κ1) is 22.6. The standard InChI is InChI=1S/C20H27FN6O3Si/c1-6-29-20(28)24-13(2)16-11-14(15(21)12-23-16)17-25-19(30-9-10-31(3,4)5)18-22-7-8-27(18)26-17/h7-8,11-13H,6,9-10H2,1-5H3,(H,24,28)/t13-/m1/s1. The van der Waals surface area contributed by atoms with Crippen molar-refractivity contribution in [2.75, 3.05) is 13.2 Å². The van der Waals surface area contributed by atoms with Gasteiger partial charge in [-0.25, -0.2) is 18.7 Å². The van der Waals surface area contributed by atoms with Crippen molar-refractivity contribution in [3.8, 4) is 17.3 Å². The van der Waals surface area contributed by atoms with Gasteiger partial charge in [0.1, 0.15) is 0 Å². The van der Waals surface area contributed by atoms with Crippen molar-refractivity contribution >= 4 is 19.8 Å². The van der Waals surface area contributed by atoms with Crippen LogP contribution in [0.4, 0.5) is 9.18 Å². The predicted octanol–water partition coefficient (Wildman–Crippen LogP) is 3.85. The molecule has 0 aliphatic carbocycles. The van der Waals surface area contributed by atoms with E-state index in [0.717, 1.165) is 12.2 Å². The Hall–Kier alpha value is -3.08. The number of pyridine rings is 1. The first-order chi connectivity index (χ1) is 14.7. The summed E-state index contributed by atoms with van der Waals surface area (Å²) < 4.78 is 26.9. The fraction of sp³-hybridized carbons (Fsp3) is 0.450. The summed E-state index contributed by atoms with van der Waals surface area (Å²) in [5.74, 6) is -0.152. The molecule has 0 saturated carbocycles. The fourth-order valence-corrected chi connectivity index (χ4v) is 3.47. The van der Waals surface area contributed by atoms with E-state index in [0.29, 0.717) is 23.8 Å². The van der Waals surface area contributed by atoms with E-state index in [9.17, 15) is 9.18 Å². The van der Waals surface area contributed by atoms with Gasteiger partial charge in [0.05, 0.1) is 36.7 Å². The molecule has 1 atom stereocenters. The molecule has 0 aliphatic heterocycles. The van der Waals surface area contributed by atoms with Crippen LogP contribution in [0.15, 0.2) is 24.7 Å². The zero-order chi connectivity index (χ0) is 22.6. The summed E-state index contributed by atoms with van der Waals surface area (Å²) in [7, 11) is -1.30. The second-order valence-electron chi connectivity index (χ2n) is 8.27. The van der Waals surface area contributed by atoms with Crippen molar-refractivity contribution in [2.24, 2.45) is 0 Å². The molecule has 0 fully saturated rings. The molecule has 0 unspecified atom stereocenters. The van der Waals surface area contributed by atoms with Gasteiger partial charge in [-0.05, 0) is 26.0 Å². The summed E-state index contributed by atoms with van der Waals surface area (Å²) in [4.78, 5) is 24.5. The molecule has 0 spiro atoms. The summed E-state index contributed by atoms with van der Waals surface area (Å²) in [5.41, 5.74) is 1.06. The van der Waals surface area contributed by atoms with Crippen LogP contribution in [0.2, 0.25) is 25.7 Å². The molecule has 3 aromatic rings. The van der Waals surface area contributed by atoms with Crippen LogP contribution in [-0.2, 0) is 4.74 Å². The Kier molecular flexibility index (Phi) is 6.83. The minimum absolute atomic E-state index is 0.137. The zero-order valence-electron chi connectivity index (χ0n) is 18.3. The minimum Gasteiger partial charge on any atom is -0.475 e. The van der Waals surface area contributed by atoms with Crippen LogP contribution in [0, 0.1) is 5.82 Å². The Morgan fingerprint density at radius 3 is 2.81 bits per heavy atom. The molecule has 3 aromatic heterocycles. The number of hydrogen-bond donors (Lipinski definition) is 1. The maximum Gasteiger partial charge on any atom is 0.407 e. The highest BCUT2D eigenvalue weighted by Crippen LogP contribution is 2.25. The van der Waals surface area contributed by atoms with Crippen molar-refractivity contribution in [3.63, 3.8) is 0 Å². The molecule has 1 N–H and O–H groups in total. The van der Waals surface area contributed by atoms with Crippen molar-refractivity contribution in [1.29, 1.82) is 0 Å². The maximum atomic E-state index is 14.7. The lowest BCUT2D eigenvalue weighted by Crippen LogP contribution is -2.28. The van der Waals surface area contributed by atoms with E-state index in [4.69, 9.17) is 9.47 Å². The highest BCUT2D eigenvalue weighted by molar-refractivity contribution is 6.76. The molecule has 0 bridgehead atoms. The number of halogens is 1. The number of imidazole rings is 1. The molecule has 11 heteroatoms. The van der Waals surface area contributed by atoms with Crippen LogP contribution < -0.4 is 10.1 Å². The first-order valence-corrected chi connectivity index (χ1v) is 13.8. The van der Waals surface area contributed by atoms with Gasteiger partial charge in [-0.15, -0.1) is 5.10 Å². The Balaban J connectivity index is 1.92. The van der Waals surface area contributed by atoms with Gasteiger partial charge < -0.3 is 14.8 Å². The van der Waals surface area contributed by atoms with Gasteiger partial charge >= 0.3 is 6.09 Å². The van der Waals surface area contributed by atoms with Crippen LogP contribution in [0.3, 0.4) is 0 Å². The quantitative estimate of drug-likeness (QED) is 0.524. The first-order valence-electron chi connectivity index (χ1n) is 10.1. The predicted molar refractivity (Wildman–Crippen MR) is 116 cm³/mol. The third-order valence-corrected chi connectivity index (χ3v) is 6.19. The highest BCUT2D eigenvalue weighted by Gasteiger charge is 2.20. The number of aromatic nitrogens is 5. The van der Waals surface area contributed by atoms with Crippen molar-refractivity contribution in [3.05, 3.63) is 36.2 Å². The maximum absolute atomic E-state index is 14.7. The number of alkyl carbamates (subject to hydrolysis) is 1. The van der Waals surface area contributed by atoms with E-state index < -0.39 is 26.0 Å². The number of nitrogens with zero attached hydrogens (tertiary/aromatic N) is 5. The van der Waals surface area contributed by atoms with E-state index in [1.807, 2.05) is 0 Å². The van der Waals surface area contributed by atoms with Gasteiger partial charge in [0.25, 0.3) is 5.88 Å². The number of fused-ring (bicyclic) bond motifs is 1. The smallest absolute Gasteiger partial charge is 0.407 e. The van der Waals surface area contributed by atoms with Gasteiger partial charge in [-0.2, -0.15) is 4.98 Å². The topological polar surface area (TPSA) is 104 Å². The average molecular weight is 447 g/mol. The Labute approximate surface area is 181 Å². The third-order valence-electron chi connectivity index (χ3n) is 4.48. The minimum atomic E-state index is -1.30. The zero-order valence-corrected chi connectivity index (χ0v) is 19.3. The second-order valence-corrected chi connectivity index (χ2v) is 13.9. The number of carbonyl (C=O) groups is 1. The fourth-order valence-electron chi connectivity index (χ4n) is 2.75. The van der Waals surface area contributed by atoms with Gasteiger partial charge in [-0.3, -0.25) is 4.98 Å². The van der Waals surface area contributed by atoms with Crippen LogP contribution >= 0.6 is 0 Å². The van der Waals surface area contributed by atoms with E-state index in [1.165, 1.54) is 10.6 Å². The Morgan fingerprint density at radius 2 is 2.10 bits per heavy atom. The number of rotatable bonds is 8. The molecule has 9 nitrogen and oxygen atoms in total.